The van der Waals surface area contributed by atoms with E-state index in [0.29, 0.717) is 0 Å². The summed E-state index contributed by atoms with van der Waals surface area (Å²) in [6.07, 6.45) is -4.87. The number of rotatable bonds is 5. The summed E-state index contributed by atoms with van der Waals surface area (Å²) < 4.78 is 0. The van der Waals surface area contributed by atoms with Gasteiger partial charge in [0.25, 0.3) is 0 Å². The van der Waals surface area contributed by atoms with Crippen molar-refractivity contribution in [3.05, 3.63) is 12.7 Å². The first-order valence-electron chi connectivity index (χ1n) is 3.50. The Labute approximate surface area is 70.2 Å². The number of hydrogen-bond donors (Lipinski definition) is 5. The van der Waals surface area contributed by atoms with Gasteiger partial charge in [0, 0.05) is 0 Å². The van der Waals surface area contributed by atoms with Crippen molar-refractivity contribution in [2.75, 3.05) is 6.61 Å². The first kappa shape index (κ1) is 11.5. The molecule has 0 radical (unpaired) electrons. The van der Waals surface area contributed by atoms with Gasteiger partial charge in [0.15, 0.2) is 0 Å². The molecule has 5 N–H and O–H groups in total. The van der Waals surface area contributed by atoms with E-state index in [-0.39, 0.29) is 0 Å². The van der Waals surface area contributed by atoms with Crippen LogP contribution in [0.5, 0.6) is 0 Å². The van der Waals surface area contributed by atoms with E-state index in [1.807, 2.05) is 0 Å². The first-order chi connectivity index (χ1) is 5.54. The van der Waals surface area contributed by atoms with Gasteiger partial charge in [-0.3, -0.25) is 0 Å². The molecule has 0 amide bonds. The van der Waals surface area contributed by atoms with Crippen molar-refractivity contribution in [2.24, 2.45) is 0 Å². The molecule has 0 fully saturated rings. The minimum Gasteiger partial charge on any atom is -0.394 e. The van der Waals surface area contributed by atoms with Crippen LogP contribution in [0.4, 0.5) is 0 Å². The molecule has 0 saturated heterocycles. The maximum Gasteiger partial charge on any atom is 0.112 e. The monoisotopic (exact) mass is 178 g/mol. The topological polar surface area (TPSA) is 101 Å². The van der Waals surface area contributed by atoms with E-state index in [0.717, 1.165) is 6.08 Å². The fourth-order valence-corrected chi connectivity index (χ4v) is 0.677. The Kier molecular flexibility index (Phi) is 5.03. The standard InChI is InChI=1S/C7H14O5/c1-2-4(9)6(11)7(12)5(10)3-8/h2,4-12H,1,3H2/t4-,5+,6-,7+/m1/s1. The molecule has 0 unspecified atom stereocenters. The van der Waals surface area contributed by atoms with E-state index < -0.39 is 31.0 Å². The molecule has 0 aromatic carbocycles. The summed E-state index contributed by atoms with van der Waals surface area (Å²) in [5, 5.41) is 44.2. The van der Waals surface area contributed by atoms with Gasteiger partial charge in [-0.25, -0.2) is 0 Å². The normalized spacial score (nSPS) is 21.1. The van der Waals surface area contributed by atoms with Gasteiger partial charge in [-0.15, -0.1) is 6.58 Å². The second-order valence-electron chi connectivity index (χ2n) is 2.46. The van der Waals surface area contributed by atoms with Gasteiger partial charge in [0.05, 0.1) is 6.61 Å². The van der Waals surface area contributed by atoms with E-state index in [1.54, 1.807) is 0 Å². The number of aliphatic hydroxyl groups excluding tert-OH is 5. The minimum atomic E-state index is -1.58. The predicted molar refractivity (Wildman–Crippen MR) is 41.3 cm³/mol. The Hall–Kier alpha value is -0.460. The van der Waals surface area contributed by atoms with Gasteiger partial charge >= 0.3 is 0 Å². The third-order valence-corrected chi connectivity index (χ3v) is 1.52. The molecular formula is C7H14O5. The van der Waals surface area contributed by atoms with Crippen LogP contribution in [0.1, 0.15) is 0 Å². The van der Waals surface area contributed by atoms with Crippen LogP contribution < -0.4 is 0 Å². The van der Waals surface area contributed by atoms with Crippen molar-refractivity contribution in [1.29, 1.82) is 0 Å². The van der Waals surface area contributed by atoms with E-state index in [1.165, 1.54) is 0 Å². The van der Waals surface area contributed by atoms with Crippen molar-refractivity contribution >= 4 is 0 Å². The van der Waals surface area contributed by atoms with Crippen molar-refractivity contribution in [3.63, 3.8) is 0 Å². The zero-order valence-corrected chi connectivity index (χ0v) is 6.54. The van der Waals surface area contributed by atoms with E-state index in [9.17, 15) is 0 Å². The number of hydrogen-bond acceptors (Lipinski definition) is 5. The van der Waals surface area contributed by atoms with Crippen LogP contribution in [0.15, 0.2) is 12.7 Å². The molecule has 0 aromatic heterocycles. The summed E-state index contributed by atoms with van der Waals surface area (Å²) in [7, 11) is 0. The highest BCUT2D eigenvalue weighted by atomic mass is 16.4. The Balaban J connectivity index is 4.07. The molecule has 0 aliphatic rings. The third-order valence-electron chi connectivity index (χ3n) is 1.52. The largest absolute Gasteiger partial charge is 0.394 e. The Bertz CT molecular complexity index is 138. The van der Waals surface area contributed by atoms with Crippen molar-refractivity contribution in [3.8, 4) is 0 Å². The molecule has 0 aromatic rings. The lowest BCUT2D eigenvalue weighted by atomic mass is 10.0. The average molecular weight is 178 g/mol. The van der Waals surface area contributed by atoms with Gasteiger partial charge in [0.2, 0.25) is 0 Å². The van der Waals surface area contributed by atoms with Crippen LogP contribution >= 0.6 is 0 Å². The van der Waals surface area contributed by atoms with Gasteiger partial charge in [-0.05, 0) is 0 Å². The molecule has 5 nitrogen and oxygen atoms in total. The lowest BCUT2D eigenvalue weighted by Crippen LogP contribution is -2.45. The second-order valence-corrected chi connectivity index (χ2v) is 2.46. The Morgan fingerprint density at radius 3 is 1.92 bits per heavy atom. The van der Waals surface area contributed by atoms with Crippen LogP contribution in [0.2, 0.25) is 0 Å². The molecule has 0 heterocycles. The molecule has 12 heavy (non-hydrogen) atoms. The van der Waals surface area contributed by atoms with Crippen LogP contribution in [0, 0.1) is 0 Å². The lowest BCUT2D eigenvalue weighted by molar-refractivity contribution is -0.104. The Morgan fingerprint density at radius 1 is 1.08 bits per heavy atom. The van der Waals surface area contributed by atoms with Crippen molar-refractivity contribution in [1.82, 2.24) is 0 Å². The average Bonchev–Trinajstić information content (AvgIpc) is 2.12. The maximum atomic E-state index is 9.05. The predicted octanol–water partition coefficient (Wildman–Crippen LogP) is -2.39. The molecule has 0 spiro atoms. The third kappa shape index (κ3) is 2.88. The fraction of sp³-hybridized carbons (Fsp3) is 0.714. The maximum absolute atomic E-state index is 9.05. The van der Waals surface area contributed by atoms with Crippen LogP contribution in [0.25, 0.3) is 0 Å². The van der Waals surface area contributed by atoms with E-state index in [2.05, 4.69) is 6.58 Å². The quantitative estimate of drug-likeness (QED) is 0.302. The minimum absolute atomic E-state index is 0.678. The molecule has 0 bridgehead atoms. The summed E-state index contributed by atoms with van der Waals surface area (Å²) in [6, 6.07) is 0. The van der Waals surface area contributed by atoms with Crippen LogP contribution in [-0.4, -0.2) is 56.6 Å². The zero-order valence-electron chi connectivity index (χ0n) is 6.54. The van der Waals surface area contributed by atoms with Gasteiger partial charge in [0.1, 0.15) is 24.4 Å². The van der Waals surface area contributed by atoms with Gasteiger partial charge in [-0.1, -0.05) is 6.08 Å². The number of aliphatic hydroxyl groups is 5. The zero-order chi connectivity index (χ0) is 9.72. The molecular weight excluding hydrogens is 164 g/mol. The molecule has 4 atom stereocenters. The summed E-state index contributed by atoms with van der Waals surface area (Å²) in [4.78, 5) is 0. The highest BCUT2D eigenvalue weighted by molar-refractivity contribution is 4.90. The molecule has 0 saturated carbocycles. The molecule has 5 heteroatoms. The summed E-state index contributed by atoms with van der Waals surface area (Å²) in [5.74, 6) is 0. The van der Waals surface area contributed by atoms with E-state index in [4.69, 9.17) is 25.5 Å². The fourth-order valence-electron chi connectivity index (χ4n) is 0.677. The Morgan fingerprint density at radius 2 is 1.58 bits per heavy atom. The van der Waals surface area contributed by atoms with Crippen molar-refractivity contribution < 1.29 is 25.5 Å². The summed E-state index contributed by atoms with van der Waals surface area (Å²) in [6.45, 7) is 2.51. The molecule has 72 valence electrons. The van der Waals surface area contributed by atoms with Gasteiger partial charge < -0.3 is 25.5 Å². The first-order valence-corrected chi connectivity index (χ1v) is 3.50. The SMILES string of the molecule is C=C[C@@H](O)[C@@H](O)[C@@H](O)[C@@H](O)CO. The molecule has 0 rings (SSSR count). The summed E-state index contributed by atoms with van der Waals surface area (Å²) in [5.41, 5.74) is 0. The molecule has 0 aliphatic carbocycles. The highest BCUT2D eigenvalue weighted by Crippen LogP contribution is 2.04. The van der Waals surface area contributed by atoms with Crippen LogP contribution in [-0.2, 0) is 0 Å². The smallest absolute Gasteiger partial charge is 0.112 e. The molecule has 0 aliphatic heterocycles. The lowest BCUT2D eigenvalue weighted by Gasteiger charge is -2.23. The van der Waals surface area contributed by atoms with Crippen LogP contribution in [0.3, 0.4) is 0 Å². The second kappa shape index (κ2) is 5.23. The van der Waals surface area contributed by atoms with E-state index >= 15 is 0 Å². The van der Waals surface area contributed by atoms with Gasteiger partial charge in [-0.2, -0.15) is 0 Å². The van der Waals surface area contributed by atoms with Crippen molar-refractivity contribution in [2.45, 2.75) is 24.4 Å². The summed E-state index contributed by atoms with van der Waals surface area (Å²) >= 11 is 0. The highest BCUT2D eigenvalue weighted by Gasteiger charge is 2.28.